The van der Waals surface area contributed by atoms with Gasteiger partial charge in [-0.1, -0.05) is 11.6 Å². The maximum atomic E-state index is 13.0. The first-order valence-corrected chi connectivity index (χ1v) is 9.56. The number of benzene rings is 2. The molecule has 0 unspecified atom stereocenters. The Labute approximate surface area is 178 Å². The van der Waals surface area contributed by atoms with Crippen LogP contribution in [-0.4, -0.2) is 36.6 Å². The maximum Gasteiger partial charge on any atom is 0.337 e. The van der Waals surface area contributed by atoms with Crippen LogP contribution in [0, 0.1) is 6.92 Å². The second-order valence-corrected chi connectivity index (χ2v) is 6.91. The molecule has 1 N–H and O–H groups in total. The van der Waals surface area contributed by atoms with Gasteiger partial charge in [-0.3, -0.25) is 9.59 Å². The van der Waals surface area contributed by atoms with Gasteiger partial charge < -0.3 is 19.4 Å². The van der Waals surface area contributed by atoms with Crippen LogP contribution >= 0.6 is 0 Å². The number of fused-ring (bicyclic) bond motifs is 1. The van der Waals surface area contributed by atoms with E-state index in [1.54, 1.807) is 6.07 Å². The van der Waals surface area contributed by atoms with Gasteiger partial charge in [-0.25, -0.2) is 9.59 Å². The van der Waals surface area contributed by atoms with Gasteiger partial charge >= 0.3 is 11.9 Å². The highest BCUT2D eigenvalue weighted by molar-refractivity contribution is 6.07. The van der Waals surface area contributed by atoms with E-state index in [1.807, 2.05) is 30.5 Å². The van der Waals surface area contributed by atoms with E-state index in [0.29, 0.717) is 11.9 Å². The molecule has 0 aliphatic rings. The molecule has 0 fully saturated rings. The Kier molecular flexibility index (Phi) is 6.20. The summed E-state index contributed by atoms with van der Waals surface area (Å²) in [5.74, 6) is -2.03. The van der Waals surface area contributed by atoms with Crippen molar-refractivity contribution < 1.29 is 23.9 Å². The first-order chi connectivity index (χ1) is 14.8. The molecule has 0 radical (unpaired) electrons. The second kappa shape index (κ2) is 8.83. The van der Waals surface area contributed by atoms with E-state index in [4.69, 9.17) is 9.47 Å². The molecular formula is C23H22N2O6. The fraction of sp³-hybridized carbons (Fsp3) is 0.217. The van der Waals surface area contributed by atoms with E-state index >= 15 is 0 Å². The van der Waals surface area contributed by atoms with Crippen molar-refractivity contribution in [3.63, 3.8) is 0 Å². The van der Waals surface area contributed by atoms with E-state index in [0.717, 1.165) is 11.1 Å². The van der Waals surface area contributed by atoms with Crippen molar-refractivity contribution in [1.29, 1.82) is 0 Å². The Morgan fingerprint density at radius 3 is 2.13 bits per heavy atom. The summed E-state index contributed by atoms with van der Waals surface area (Å²) >= 11 is 0. The first-order valence-electron chi connectivity index (χ1n) is 9.56. The van der Waals surface area contributed by atoms with Gasteiger partial charge in [0.1, 0.15) is 5.56 Å². The summed E-state index contributed by atoms with van der Waals surface area (Å²) in [4.78, 5) is 49.9. The fourth-order valence-corrected chi connectivity index (χ4v) is 3.30. The molecule has 0 atom stereocenters. The number of esters is 2. The van der Waals surface area contributed by atoms with Gasteiger partial charge in [-0.15, -0.1) is 0 Å². The van der Waals surface area contributed by atoms with E-state index in [-0.39, 0.29) is 22.4 Å². The Morgan fingerprint density at radius 2 is 1.58 bits per heavy atom. The molecule has 3 rings (SSSR count). The molecule has 1 amide bonds. The third-order valence-corrected chi connectivity index (χ3v) is 4.85. The number of rotatable bonds is 5. The molecule has 1 aromatic heterocycles. The highest BCUT2D eigenvalue weighted by atomic mass is 16.5. The molecule has 8 nitrogen and oxygen atoms in total. The molecule has 8 heteroatoms. The van der Waals surface area contributed by atoms with Crippen molar-refractivity contribution in [2.45, 2.75) is 20.4 Å². The monoisotopic (exact) mass is 422 g/mol. The zero-order chi connectivity index (χ0) is 22.7. The lowest BCUT2D eigenvalue weighted by atomic mass is 10.1. The van der Waals surface area contributed by atoms with Crippen molar-refractivity contribution in [3.05, 3.63) is 75.1 Å². The lowest BCUT2D eigenvalue weighted by Gasteiger charge is -2.13. The summed E-state index contributed by atoms with van der Waals surface area (Å²) in [6.07, 6.45) is 1.50. The quantitative estimate of drug-likeness (QED) is 0.634. The van der Waals surface area contributed by atoms with Crippen molar-refractivity contribution in [3.8, 4) is 0 Å². The summed E-state index contributed by atoms with van der Waals surface area (Å²) in [6.45, 7) is 4.34. The Morgan fingerprint density at radius 1 is 0.968 bits per heavy atom. The fourth-order valence-electron chi connectivity index (χ4n) is 3.30. The smallest absolute Gasteiger partial charge is 0.337 e. The van der Waals surface area contributed by atoms with Crippen molar-refractivity contribution in [2.75, 3.05) is 19.5 Å². The molecule has 1 heterocycles. The van der Waals surface area contributed by atoms with E-state index in [9.17, 15) is 19.2 Å². The summed E-state index contributed by atoms with van der Waals surface area (Å²) in [5, 5.41) is 3.04. The predicted octanol–water partition coefficient (Wildman–Crippen LogP) is 3.16. The van der Waals surface area contributed by atoms with Gasteiger partial charge in [0, 0.05) is 23.8 Å². The molecule has 0 saturated carbocycles. The van der Waals surface area contributed by atoms with Crippen LogP contribution in [0.1, 0.15) is 43.6 Å². The molecule has 0 bridgehead atoms. The molecule has 3 aromatic rings. The van der Waals surface area contributed by atoms with E-state index in [1.165, 1.54) is 38.6 Å². The van der Waals surface area contributed by atoms with Crippen molar-refractivity contribution in [2.24, 2.45) is 0 Å². The molecule has 0 spiro atoms. The predicted molar refractivity (Wildman–Crippen MR) is 116 cm³/mol. The third-order valence-electron chi connectivity index (χ3n) is 4.85. The minimum absolute atomic E-state index is 0.0527. The van der Waals surface area contributed by atoms with Crippen LogP contribution in [0.25, 0.3) is 10.9 Å². The Balaban J connectivity index is 2.08. The van der Waals surface area contributed by atoms with Crippen LogP contribution in [-0.2, 0) is 16.0 Å². The first kappa shape index (κ1) is 21.8. The summed E-state index contributed by atoms with van der Waals surface area (Å²) in [5.41, 5.74) is 1.44. The minimum Gasteiger partial charge on any atom is -0.465 e. The summed E-state index contributed by atoms with van der Waals surface area (Å²) < 4.78 is 11.2. The highest BCUT2D eigenvalue weighted by Crippen LogP contribution is 2.19. The lowest BCUT2D eigenvalue weighted by Crippen LogP contribution is -2.24. The molecule has 0 aliphatic carbocycles. The number of carbonyl (C=O) groups is 3. The molecule has 0 saturated heterocycles. The third kappa shape index (κ3) is 4.32. The van der Waals surface area contributed by atoms with Gasteiger partial charge in [0.15, 0.2) is 0 Å². The second-order valence-electron chi connectivity index (χ2n) is 6.91. The van der Waals surface area contributed by atoms with Crippen LogP contribution in [0.15, 0.2) is 47.4 Å². The van der Waals surface area contributed by atoms with Crippen molar-refractivity contribution in [1.82, 2.24) is 4.57 Å². The lowest BCUT2D eigenvalue weighted by molar-refractivity contribution is 0.0599. The number of anilines is 1. The standard InChI is InChI=1S/C23H22N2O6/c1-5-25-12-18(20(26)17-8-13(2)6-7-19(17)25)21(27)24-16-10-14(22(28)30-3)9-15(11-16)23(29)31-4/h6-12H,5H2,1-4H3,(H,24,27). The van der Waals surface area contributed by atoms with Crippen LogP contribution in [0.3, 0.4) is 0 Å². The average Bonchev–Trinajstić information content (AvgIpc) is 2.78. The topological polar surface area (TPSA) is 104 Å². The number of nitrogens with one attached hydrogen (secondary N) is 1. The van der Waals surface area contributed by atoms with Gasteiger partial charge in [0.05, 0.1) is 30.9 Å². The van der Waals surface area contributed by atoms with Gasteiger partial charge in [-0.05, 0) is 44.2 Å². The summed E-state index contributed by atoms with van der Waals surface area (Å²) in [7, 11) is 2.41. The molecular weight excluding hydrogens is 400 g/mol. The van der Waals surface area contributed by atoms with Crippen LogP contribution in [0.4, 0.5) is 5.69 Å². The van der Waals surface area contributed by atoms with Gasteiger partial charge in [-0.2, -0.15) is 0 Å². The maximum absolute atomic E-state index is 13.0. The van der Waals surface area contributed by atoms with Gasteiger partial charge in [0.25, 0.3) is 5.91 Å². The Hall–Kier alpha value is -3.94. The molecule has 160 valence electrons. The largest absolute Gasteiger partial charge is 0.465 e. The minimum atomic E-state index is -0.684. The number of methoxy groups -OCH3 is 2. The number of amides is 1. The zero-order valence-corrected chi connectivity index (χ0v) is 17.6. The molecule has 2 aromatic carbocycles. The van der Waals surface area contributed by atoms with Crippen LogP contribution in [0.5, 0.6) is 0 Å². The van der Waals surface area contributed by atoms with E-state index < -0.39 is 23.3 Å². The number of ether oxygens (including phenoxy) is 2. The van der Waals surface area contributed by atoms with Gasteiger partial charge in [0.2, 0.25) is 5.43 Å². The number of pyridine rings is 1. The number of aryl methyl sites for hydroxylation is 2. The number of hydrogen-bond donors (Lipinski definition) is 1. The number of hydrogen-bond acceptors (Lipinski definition) is 6. The SMILES string of the molecule is CCn1cc(C(=O)Nc2cc(C(=O)OC)cc(C(=O)OC)c2)c(=O)c2cc(C)ccc21. The number of aromatic nitrogens is 1. The summed E-state index contributed by atoms with van der Waals surface area (Å²) in [6, 6.07) is 9.52. The number of nitrogens with zero attached hydrogens (tertiary/aromatic N) is 1. The highest BCUT2D eigenvalue weighted by Gasteiger charge is 2.18. The number of carbonyl (C=O) groups excluding carboxylic acids is 3. The average molecular weight is 422 g/mol. The Bertz CT molecular complexity index is 1220. The molecule has 31 heavy (non-hydrogen) atoms. The molecule has 0 aliphatic heterocycles. The zero-order valence-electron chi connectivity index (χ0n) is 17.6. The van der Waals surface area contributed by atoms with Crippen molar-refractivity contribution >= 4 is 34.4 Å². The normalized spacial score (nSPS) is 10.6. The van der Waals surface area contributed by atoms with Crippen LogP contribution in [0.2, 0.25) is 0 Å². The van der Waals surface area contributed by atoms with E-state index in [2.05, 4.69) is 5.32 Å². The van der Waals surface area contributed by atoms with Crippen LogP contribution < -0.4 is 10.7 Å².